The van der Waals surface area contributed by atoms with Crippen LogP contribution in [-0.2, 0) is 16.1 Å². The third-order valence-corrected chi connectivity index (χ3v) is 5.66. The average Bonchev–Trinajstić information content (AvgIpc) is 3.26. The van der Waals surface area contributed by atoms with Crippen LogP contribution in [0.25, 0.3) is 11.0 Å². The van der Waals surface area contributed by atoms with Gasteiger partial charge in [0.15, 0.2) is 5.58 Å². The van der Waals surface area contributed by atoms with Gasteiger partial charge in [-0.15, -0.1) is 0 Å². The molecule has 34 heavy (non-hydrogen) atoms. The van der Waals surface area contributed by atoms with E-state index in [1.807, 2.05) is 24.3 Å². The maximum atomic E-state index is 9.55. The number of para-hydroxylation sites is 1. The van der Waals surface area contributed by atoms with Crippen LogP contribution >= 0.6 is 0 Å². The van der Waals surface area contributed by atoms with Crippen molar-refractivity contribution < 1.29 is 29.1 Å². The van der Waals surface area contributed by atoms with Crippen LogP contribution in [0.1, 0.15) is 31.2 Å². The van der Waals surface area contributed by atoms with Gasteiger partial charge in [-0.2, -0.15) is 0 Å². The molecule has 0 spiro atoms. The first kappa shape index (κ1) is 25.0. The number of nitrogens with zero attached hydrogens (tertiary/aromatic N) is 2. The molecular weight excluding hydrogens is 436 g/mol. The first-order valence-corrected chi connectivity index (χ1v) is 11.4. The second-order valence-electron chi connectivity index (χ2n) is 8.19. The third kappa shape index (κ3) is 8.37. The summed E-state index contributed by atoms with van der Waals surface area (Å²) < 4.78 is 11.1. The molecule has 1 aliphatic heterocycles. The third-order valence-electron chi connectivity index (χ3n) is 5.66. The molecule has 1 aliphatic rings. The molecule has 8 nitrogen and oxygen atoms in total. The summed E-state index contributed by atoms with van der Waals surface area (Å²) in [7, 11) is 0. The number of carboxylic acid groups (broad SMARTS) is 2. The molecular formula is C26H30N2O6. The van der Waals surface area contributed by atoms with Crippen molar-refractivity contribution in [3.05, 3.63) is 72.3 Å². The van der Waals surface area contributed by atoms with Gasteiger partial charge >= 0.3 is 11.9 Å². The molecule has 0 aliphatic carbocycles. The first-order valence-electron chi connectivity index (χ1n) is 11.4. The van der Waals surface area contributed by atoms with Gasteiger partial charge in [0.25, 0.3) is 5.88 Å². The summed E-state index contributed by atoms with van der Waals surface area (Å²) in [6.07, 6.45) is 6.00. The van der Waals surface area contributed by atoms with Crippen LogP contribution in [0.4, 0.5) is 0 Å². The van der Waals surface area contributed by atoms with Crippen molar-refractivity contribution in [3.63, 3.8) is 0 Å². The van der Waals surface area contributed by atoms with Crippen molar-refractivity contribution in [1.29, 1.82) is 0 Å². The molecule has 2 heterocycles. The number of aromatic nitrogens is 1. The van der Waals surface area contributed by atoms with Crippen molar-refractivity contribution in [3.8, 4) is 5.88 Å². The molecule has 0 bridgehead atoms. The zero-order chi connectivity index (χ0) is 24.2. The molecule has 0 radical (unpaired) electrons. The zero-order valence-corrected chi connectivity index (χ0v) is 19.0. The Kier molecular flexibility index (Phi) is 9.66. The van der Waals surface area contributed by atoms with Crippen molar-refractivity contribution in [2.24, 2.45) is 5.92 Å². The maximum Gasteiger partial charge on any atom is 0.328 e. The number of benzene rings is 2. The molecule has 0 amide bonds. The van der Waals surface area contributed by atoms with Gasteiger partial charge in [-0.05, 0) is 67.5 Å². The largest absolute Gasteiger partial charge is 0.478 e. The molecule has 4 rings (SSSR count). The topological polar surface area (TPSA) is 113 Å². The van der Waals surface area contributed by atoms with Crippen LogP contribution in [0.5, 0.6) is 5.88 Å². The zero-order valence-electron chi connectivity index (χ0n) is 19.0. The van der Waals surface area contributed by atoms with E-state index in [1.54, 1.807) is 0 Å². The highest BCUT2D eigenvalue weighted by atomic mass is 16.5. The molecule has 1 aromatic heterocycles. The van der Waals surface area contributed by atoms with Crippen molar-refractivity contribution in [2.45, 2.75) is 32.2 Å². The lowest BCUT2D eigenvalue weighted by molar-refractivity contribution is -0.134. The lowest BCUT2D eigenvalue weighted by Gasteiger charge is -2.32. The second kappa shape index (κ2) is 13.2. The van der Waals surface area contributed by atoms with E-state index in [9.17, 15) is 9.59 Å². The Morgan fingerprint density at radius 2 is 1.65 bits per heavy atom. The summed E-state index contributed by atoms with van der Waals surface area (Å²) in [6.45, 7) is 4.19. The lowest BCUT2D eigenvalue weighted by Crippen LogP contribution is -2.33. The number of rotatable bonds is 9. The molecule has 3 aromatic rings. The predicted molar refractivity (Wildman–Crippen MR) is 128 cm³/mol. The first-order chi connectivity index (χ1) is 16.5. The Morgan fingerprint density at radius 3 is 2.32 bits per heavy atom. The van der Waals surface area contributed by atoms with E-state index >= 15 is 0 Å². The van der Waals surface area contributed by atoms with Gasteiger partial charge in [0.1, 0.15) is 0 Å². The van der Waals surface area contributed by atoms with Gasteiger partial charge in [-0.1, -0.05) is 42.5 Å². The summed E-state index contributed by atoms with van der Waals surface area (Å²) in [5.74, 6) is -1.07. The number of hydrogen-bond acceptors (Lipinski definition) is 6. The highest BCUT2D eigenvalue weighted by Gasteiger charge is 2.19. The SMILES string of the molecule is O=C(O)C=CC(=O)O.c1ccc(CN2CCC(CCCOc3noc4ccccc34)CC2)cc1. The molecule has 2 N–H and O–H groups in total. The highest BCUT2D eigenvalue weighted by molar-refractivity contribution is 5.89. The number of hydrogen-bond donors (Lipinski definition) is 2. The fourth-order valence-corrected chi connectivity index (χ4v) is 3.93. The Balaban J connectivity index is 0.000000350. The fraction of sp³-hybridized carbons (Fsp3) is 0.346. The van der Waals surface area contributed by atoms with E-state index in [0.29, 0.717) is 24.6 Å². The minimum Gasteiger partial charge on any atom is -0.478 e. The molecule has 180 valence electrons. The summed E-state index contributed by atoms with van der Waals surface area (Å²) in [6, 6.07) is 18.6. The van der Waals surface area contributed by atoms with E-state index in [1.165, 1.54) is 37.9 Å². The smallest absolute Gasteiger partial charge is 0.328 e. The standard InChI is InChI=1S/C22H26N2O2.C4H4O4/c1-2-7-19(8-3-1)17-24-14-12-18(13-15-24)9-6-16-25-22-20-10-4-5-11-21(20)26-23-22;5-3(6)1-2-4(7)8/h1-5,7-8,10-11,18H,6,9,12-17H2;1-2H,(H,5,6)(H,7,8). The summed E-state index contributed by atoms with van der Waals surface area (Å²) in [4.78, 5) is 21.7. The summed E-state index contributed by atoms with van der Waals surface area (Å²) >= 11 is 0. The van der Waals surface area contributed by atoms with Crippen LogP contribution in [0.3, 0.4) is 0 Å². The number of carboxylic acids is 2. The molecule has 0 unspecified atom stereocenters. The van der Waals surface area contributed by atoms with Gasteiger partial charge < -0.3 is 19.5 Å². The maximum absolute atomic E-state index is 9.55. The van der Waals surface area contributed by atoms with Crippen LogP contribution in [0.2, 0.25) is 0 Å². The molecule has 1 fully saturated rings. The number of fused-ring (bicyclic) bond motifs is 1. The number of piperidine rings is 1. The van der Waals surface area contributed by atoms with Crippen LogP contribution in [0, 0.1) is 5.92 Å². The summed E-state index contributed by atoms with van der Waals surface area (Å²) in [5.41, 5.74) is 2.20. The van der Waals surface area contributed by atoms with E-state index in [-0.39, 0.29) is 0 Å². The second-order valence-corrected chi connectivity index (χ2v) is 8.19. The van der Waals surface area contributed by atoms with Crippen LogP contribution < -0.4 is 4.74 Å². The van der Waals surface area contributed by atoms with Crippen LogP contribution in [-0.4, -0.2) is 51.9 Å². The van der Waals surface area contributed by atoms with E-state index < -0.39 is 11.9 Å². The summed E-state index contributed by atoms with van der Waals surface area (Å²) in [5, 5.41) is 20.6. The van der Waals surface area contributed by atoms with Crippen molar-refractivity contribution in [1.82, 2.24) is 10.1 Å². The normalized spacial score (nSPS) is 14.6. The van der Waals surface area contributed by atoms with Gasteiger partial charge in [0, 0.05) is 18.7 Å². The Bertz CT molecular complexity index is 1060. The molecule has 8 heteroatoms. The molecule has 0 atom stereocenters. The minimum absolute atomic E-state index is 0.558. The fourth-order valence-electron chi connectivity index (χ4n) is 3.93. The predicted octanol–water partition coefficient (Wildman–Crippen LogP) is 4.61. The number of aliphatic carboxylic acids is 2. The minimum atomic E-state index is -1.26. The highest BCUT2D eigenvalue weighted by Crippen LogP contribution is 2.26. The van der Waals surface area contributed by atoms with Crippen molar-refractivity contribution >= 4 is 22.9 Å². The quantitative estimate of drug-likeness (QED) is 0.347. The van der Waals surface area contributed by atoms with Gasteiger partial charge in [-0.3, -0.25) is 4.90 Å². The molecule has 0 saturated carbocycles. The Morgan fingerprint density at radius 1 is 1.00 bits per heavy atom. The number of likely N-dealkylation sites (tertiary alicyclic amines) is 1. The lowest BCUT2D eigenvalue weighted by atomic mass is 9.92. The van der Waals surface area contributed by atoms with E-state index in [4.69, 9.17) is 19.5 Å². The van der Waals surface area contributed by atoms with Gasteiger partial charge in [-0.25, -0.2) is 9.59 Å². The molecule has 2 aromatic carbocycles. The Hall–Kier alpha value is -3.65. The van der Waals surface area contributed by atoms with Crippen molar-refractivity contribution in [2.75, 3.05) is 19.7 Å². The molecule has 1 saturated heterocycles. The van der Waals surface area contributed by atoms with Crippen LogP contribution in [0.15, 0.2) is 71.3 Å². The monoisotopic (exact) mass is 466 g/mol. The van der Waals surface area contributed by atoms with Gasteiger partial charge in [0.2, 0.25) is 0 Å². The Labute approximate surface area is 198 Å². The number of ether oxygens (including phenoxy) is 1. The van der Waals surface area contributed by atoms with Gasteiger partial charge in [0.05, 0.1) is 12.0 Å². The van der Waals surface area contributed by atoms with E-state index in [0.717, 1.165) is 29.9 Å². The number of carbonyl (C=O) groups is 2. The van der Waals surface area contributed by atoms with E-state index in [2.05, 4.69) is 40.4 Å². The average molecular weight is 467 g/mol.